The number of carbonyl (C=O) groups excluding carboxylic acids is 1. The largest absolute Gasteiger partial charge is 0.336 e. The Hall–Kier alpha value is -0.830. The number of aryl methyl sites for hydroxylation is 1. The van der Waals surface area contributed by atoms with Crippen LogP contribution in [0.1, 0.15) is 36.3 Å². The summed E-state index contributed by atoms with van der Waals surface area (Å²) >= 11 is 3.87. The predicted molar refractivity (Wildman–Crippen MR) is 107 cm³/mol. The van der Waals surface area contributed by atoms with E-state index in [4.69, 9.17) is 11.5 Å². The van der Waals surface area contributed by atoms with Crippen molar-refractivity contribution in [2.45, 2.75) is 47.8 Å². The zero-order valence-corrected chi connectivity index (χ0v) is 16.8. The van der Waals surface area contributed by atoms with Crippen LogP contribution in [0.25, 0.3) is 0 Å². The fraction of sp³-hybridized carbons (Fsp3) is 0.632. The van der Waals surface area contributed by atoms with Crippen LogP contribution in [-0.4, -0.2) is 51.6 Å². The highest BCUT2D eigenvalue weighted by molar-refractivity contribution is 8.21. The Bertz CT molecular complexity index is 742. The van der Waals surface area contributed by atoms with Gasteiger partial charge in [0, 0.05) is 49.0 Å². The van der Waals surface area contributed by atoms with Crippen molar-refractivity contribution in [2.24, 2.45) is 11.5 Å². The van der Waals surface area contributed by atoms with Gasteiger partial charge < -0.3 is 16.4 Å². The molecule has 3 atom stereocenters. The molecule has 4 nitrogen and oxygen atoms in total. The van der Waals surface area contributed by atoms with Crippen LogP contribution >= 0.6 is 23.5 Å². The van der Waals surface area contributed by atoms with Crippen LogP contribution in [0.3, 0.4) is 0 Å². The lowest BCUT2D eigenvalue weighted by Crippen LogP contribution is -2.43. The second kappa shape index (κ2) is 7.54. The van der Waals surface area contributed by atoms with Gasteiger partial charge in [-0.3, -0.25) is 4.79 Å². The first kappa shape index (κ1) is 19.5. The Labute approximate surface area is 166 Å². The van der Waals surface area contributed by atoms with Gasteiger partial charge in [0.05, 0.1) is 4.08 Å². The quantitative estimate of drug-likeness (QED) is 0.793. The topological polar surface area (TPSA) is 72.3 Å². The van der Waals surface area contributed by atoms with Crippen LogP contribution < -0.4 is 11.5 Å². The summed E-state index contributed by atoms with van der Waals surface area (Å²) in [5.74, 6) is 0.480. The number of carbonyl (C=O) groups is 1. The maximum atomic E-state index is 13.7. The number of fused-ring (bicyclic) bond motifs is 1. The minimum absolute atomic E-state index is 0.0268. The van der Waals surface area contributed by atoms with E-state index in [0.717, 1.165) is 42.0 Å². The molecule has 3 unspecified atom stereocenters. The van der Waals surface area contributed by atoms with Crippen molar-refractivity contribution in [1.29, 1.82) is 0 Å². The Morgan fingerprint density at radius 2 is 2.00 bits per heavy atom. The highest BCUT2D eigenvalue weighted by Crippen LogP contribution is 2.51. The van der Waals surface area contributed by atoms with Crippen LogP contribution in [-0.2, 0) is 11.2 Å². The summed E-state index contributed by atoms with van der Waals surface area (Å²) in [5, 5.41) is 0. The number of benzene rings is 1. The second-order valence-electron chi connectivity index (χ2n) is 7.70. The molecule has 2 aliphatic heterocycles. The SMILES string of the molecule is NCC1CC2(CN1C(=O)CC(N)C1CCc3cc(F)c(F)cc31)SCCS2. The van der Waals surface area contributed by atoms with Crippen LogP contribution in [0, 0.1) is 11.6 Å². The average Bonchev–Trinajstić information content (AvgIpc) is 3.35. The summed E-state index contributed by atoms with van der Waals surface area (Å²) in [7, 11) is 0. The summed E-state index contributed by atoms with van der Waals surface area (Å²) in [5.41, 5.74) is 13.9. The van der Waals surface area contributed by atoms with E-state index in [2.05, 4.69) is 0 Å². The summed E-state index contributed by atoms with van der Waals surface area (Å²) in [6, 6.07) is 2.18. The van der Waals surface area contributed by atoms with Crippen molar-refractivity contribution >= 4 is 29.4 Å². The number of hydrogen-bond donors (Lipinski definition) is 2. The van der Waals surface area contributed by atoms with E-state index < -0.39 is 17.7 Å². The molecule has 4 N–H and O–H groups in total. The van der Waals surface area contributed by atoms with Crippen LogP contribution in [0.5, 0.6) is 0 Å². The highest BCUT2D eigenvalue weighted by atomic mass is 32.2. The third kappa shape index (κ3) is 3.61. The maximum absolute atomic E-state index is 13.7. The number of nitrogens with zero attached hydrogens (tertiary/aromatic N) is 1. The third-order valence-electron chi connectivity index (χ3n) is 6.04. The predicted octanol–water partition coefficient (Wildman–Crippen LogP) is 2.45. The van der Waals surface area contributed by atoms with Gasteiger partial charge in [-0.25, -0.2) is 8.78 Å². The maximum Gasteiger partial charge on any atom is 0.224 e. The van der Waals surface area contributed by atoms with E-state index in [9.17, 15) is 13.6 Å². The number of likely N-dealkylation sites (tertiary alicyclic amines) is 1. The molecule has 0 aromatic heterocycles. The normalized spacial score (nSPS) is 27.3. The number of thioether (sulfide) groups is 2. The molecule has 0 bridgehead atoms. The van der Waals surface area contributed by atoms with Gasteiger partial charge in [0.15, 0.2) is 11.6 Å². The molecule has 1 amide bonds. The fourth-order valence-electron chi connectivity index (χ4n) is 4.67. The lowest BCUT2D eigenvalue weighted by molar-refractivity contribution is -0.132. The van der Waals surface area contributed by atoms with E-state index in [-0.39, 0.29) is 28.4 Å². The van der Waals surface area contributed by atoms with Crippen molar-refractivity contribution in [2.75, 3.05) is 24.6 Å². The minimum atomic E-state index is -0.848. The van der Waals surface area contributed by atoms with Crippen molar-refractivity contribution in [1.82, 2.24) is 4.90 Å². The lowest BCUT2D eigenvalue weighted by Gasteiger charge is -2.27. The van der Waals surface area contributed by atoms with Crippen molar-refractivity contribution in [3.8, 4) is 0 Å². The van der Waals surface area contributed by atoms with E-state index in [1.807, 2.05) is 28.4 Å². The lowest BCUT2D eigenvalue weighted by atomic mass is 9.91. The Balaban J connectivity index is 1.45. The average molecular weight is 414 g/mol. The molecule has 27 heavy (non-hydrogen) atoms. The first-order chi connectivity index (χ1) is 12.9. The zero-order valence-electron chi connectivity index (χ0n) is 15.1. The van der Waals surface area contributed by atoms with Gasteiger partial charge in [-0.15, -0.1) is 23.5 Å². The molecule has 0 radical (unpaired) electrons. The molecule has 0 saturated carbocycles. The molecule has 4 rings (SSSR count). The van der Waals surface area contributed by atoms with E-state index in [1.165, 1.54) is 12.1 Å². The minimum Gasteiger partial charge on any atom is -0.336 e. The Morgan fingerprint density at radius 3 is 2.70 bits per heavy atom. The number of nitrogens with two attached hydrogens (primary N) is 2. The molecular weight excluding hydrogens is 388 g/mol. The van der Waals surface area contributed by atoms with Gasteiger partial charge in [-0.05, 0) is 42.5 Å². The van der Waals surface area contributed by atoms with Gasteiger partial charge in [-0.1, -0.05) is 0 Å². The summed E-state index contributed by atoms with van der Waals surface area (Å²) < 4.78 is 27.2. The van der Waals surface area contributed by atoms with E-state index >= 15 is 0 Å². The van der Waals surface area contributed by atoms with Crippen molar-refractivity contribution in [3.63, 3.8) is 0 Å². The smallest absolute Gasteiger partial charge is 0.224 e. The van der Waals surface area contributed by atoms with Crippen molar-refractivity contribution < 1.29 is 13.6 Å². The highest BCUT2D eigenvalue weighted by Gasteiger charge is 2.48. The standard InChI is InChI=1S/C19H25F2N3OS2/c20-15-5-11-1-2-13(14(11)6-16(15)21)17(23)7-18(25)24-10-19(8-12(24)9-22)26-3-4-27-19/h5-6,12-13,17H,1-4,7-10,22-23H2. The Morgan fingerprint density at radius 1 is 1.30 bits per heavy atom. The molecular formula is C19H25F2N3OS2. The monoisotopic (exact) mass is 413 g/mol. The van der Waals surface area contributed by atoms with Gasteiger partial charge in [0.1, 0.15) is 0 Å². The number of rotatable bonds is 4. The fourth-order valence-corrected chi connectivity index (χ4v) is 7.99. The summed E-state index contributed by atoms with van der Waals surface area (Å²) in [4.78, 5) is 14.9. The molecule has 1 aromatic rings. The van der Waals surface area contributed by atoms with E-state index in [1.54, 1.807) is 0 Å². The number of halogens is 2. The van der Waals surface area contributed by atoms with Gasteiger partial charge in [0.2, 0.25) is 5.91 Å². The molecule has 8 heteroatoms. The van der Waals surface area contributed by atoms with Crippen molar-refractivity contribution in [3.05, 3.63) is 34.9 Å². The summed E-state index contributed by atoms with van der Waals surface area (Å²) in [6.45, 7) is 1.18. The van der Waals surface area contributed by atoms with Crippen LogP contribution in [0.2, 0.25) is 0 Å². The molecule has 2 fully saturated rings. The first-order valence-electron chi connectivity index (χ1n) is 9.43. The number of hydrogen-bond acceptors (Lipinski definition) is 5. The number of amides is 1. The molecule has 1 spiro atoms. The Kier molecular flexibility index (Phi) is 5.44. The molecule has 148 valence electrons. The van der Waals surface area contributed by atoms with Crippen LogP contribution in [0.15, 0.2) is 12.1 Å². The third-order valence-corrected chi connectivity index (χ3v) is 9.46. The first-order valence-corrected chi connectivity index (χ1v) is 11.4. The second-order valence-corrected chi connectivity index (χ2v) is 10.9. The van der Waals surface area contributed by atoms with Gasteiger partial charge in [0.25, 0.3) is 0 Å². The van der Waals surface area contributed by atoms with Crippen LogP contribution in [0.4, 0.5) is 8.78 Å². The van der Waals surface area contributed by atoms with Gasteiger partial charge >= 0.3 is 0 Å². The molecule has 2 saturated heterocycles. The molecule has 1 aromatic carbocycles. The molecule has 1 aliphatic carbocycles. The zero-order chi connectivity index (χ0) is 19.2. The van der Waals surface area contributed by atoms with Gasteiger partial charge in [-0.2, -0.15) is 0 Å². The molecule has 3 aliphatic rings. The molecule has 2 heterocycles. The summed E-state index contributed by atoms with van der Waals surface area (Å²) in [6.07, 6.45) is 2.54. The van der Waals surface area contributed by atoms with E-state index in [0.29, 0.717) is 13.0 Å².